The number of ether oxygens (including phenoxy) is 4. The molecule has 0 radical (unpaired) electrons. The molecule has 0 spiro atoms. The fourth-order valence-electron chi connectivity index (χ4n) is 7.03. The quantitative estimate of drug-likeness (QED) is 0.0198. The third kappa shape index (κ3) is 33.3. The van der Waals surface area contributed by atoms with Gasteiger partial charge in [0.05, 0.1) is 19.8 Å². The summed E-state index contributed by atoms with van der Waals surface area (Å²) in [4.78, 5) is 12.9. The van der Waals surface area contributed by atoms with Crippen molar-refractivity contribution in [3.63, 3.8) is 0 Å². The first-order valence-corrected chi connectivity index (χ1v) is 25.3. The van der Waals surface area contributed by atoms with Crippen molar-refractivity contribution in [1.29, 1.82) is 0 Å². The zero-order valence-corrected chi connectivity index (χ0v) is 38.8. The van der Waals surface area contributed by atoms with Crippen molar-refractivity contribution in [2.24, 2.45) is 0 Å². The normalized spacial score (nSPS) is 20.5. The summed E-state index contributed by atoms with van der Waals surface area (Å²) < 4.78 is 59.1. The predicted molar refractivity (Wildman–Crippen MR) is 243 cm³/mol. The van der Waals surface area contributed by atoms with Gasteiger partial charge in [-0.3, -0.25) is 9.35 Å². The van der Waals surface area contributed by atoms with Crippen LogP contribution in [0.3, 0.4) is 0 Å². The molecule has 0 aromatic rings. The number of esters is 1. The van der Waals surface area contributed by atoms with Gasteiger partial charge in [-0.25, -0.2) is 4.18 Å². The SMILES string of the molecule is CCCCC/C=C\CCCCCCCCOCC(COC1OC(CO)C(O)C(OS(=O)(=O)O)C1O)OC(=O)CCCCCCCC/C=C\C/C=C\C/C=C\CCCCCCC. The fraction of sp³-hybridized carbons (Fsp3) is 0.812. The molecule has 0 amide bonds. The van der Waals surface area contributed by atoms with Gasteiger partial charge in [-0.05, 0) is 77.0 Å². The summed E-state index contributed by atoms with van der Waals surface area (Å²) >= 11 is 0. The Labute approximate surface area is 370 Å². The highest BCUT2D eigenvalue weighted by molar-refractivity contribution is 7.80. The fourth-order valence-corrected chi connectivity index (χ4v) is 7.53. The van der Waals surface area contributed by atoms with E-state index in [4.69, 9.17) is 23.5 Å². The minimum atomic E-state index is -5.07. The topological polar surface area (TPSA) is 178 Å². The molecule has 13 heteroatoms. The Morgan fingerprint density at radius 3 is 1.62 bits per heavy atom. The van der Waals surface area contributed by atoms with Crippen LogP contribution in [-0.2, 0) is 38.3 Å². The lowest BCUT2D eigenvalue weighted by molar-refractivity contribution is -0.301. The third-order valence-corrected chi connectivity index (χ3v) is 11.1. The van der Waals surface area contributed by atoms with Gasteiger partial charge >= 0.3 is 16.4 Å². The molecule has 0 aliphatic carbocycles. The van der Waals surface area contributed by atoms with E-state index in [2.05, 4.69) is 66.6 Å². The average molecular weight is 887 g/mol. The molecule has 1 aliphatic heterocycles. The molecule has 0 aromatic heterocycles. The van der Waals surface area contributed by atoms with E-state index < -0.39 is 59.8 Å². The van der Waals surface area contributed by atoms with E-state index in [9.17, 15) is 28.5 Å². The van der Waals surface area contributed by atoms with Gasteiger partial charge in [0.15, 0.2) is 6.29 Å². The molecule has 356 valence electrons. The summed E-state index contributed by atoms with van der Waals surface area (Å²) in [5.74, 6) is -0.414. The molecular formula is C48H86O12S. The minimum absolute atomic E-state index is 0.0253. The van der Waals surface area contributed by atoms with Gasteiger partial charge in [-0.1, -0.05) is 152 Å². The maximum Gasteiger partial charge on any atom is 0.397 e. The van der Waals surface area contributed by atoms with Gasteiger partial charge in [-0.15, -0.1) is 0 Å². The van der Waals surface area contributed by atoms with Crippen LogP contribution in [0, 0.1) is 0 Å². The van der Waals surface area contributed by atoms with Gasteiger partial charge in [-0.2, -0.15) is 8.42 Å². The molecule has 6 unspecified atom stereocenters. The molecule has 61 heavy (non-hydrogen) atoms. The van der Waals surface area contributed by atoms with Gasteiger partial charge in [0, 0.05) is 13.0 Å². The van der Waals surface area contributed by atoms with Crippen LogP contribution >= 0.6 is 0 Å². The number of carbonyl (C=O) groups excluding carboxylic acids is 1. The molecule has 1 aliphatic rings. The summed E-state index contributed by atoms with van der Waals surface area (Å²) in [6.07, 6.45) is 38.5. The standard InChI is InChI=1S/C48H86O12S/c1-3-5-7-9-11-13-15-17-18-19-20-21-22-23-24-25-27-29-31-33-35-37-44(50)58-42(40-56-38-36-34-32-30-28-26-16-14-12-10-8-6-4-2)41-57-48-46(52)47(60-61(53,54)55)45(51)43(39-49)59-48/h12,14-15,17,19-20,22-23,42-43,45-49,51-52H,3-11,13,16,18,21,24-41H2,1-2H3,(H,53,54,55)/b14-12-,17-15-,20-19-,23-22-. The van der Waals surface area contributed by atoms with E-state index in [0.29, 0.717) is 13.0 Å². The lowest BCUT2D eigenvalue weighted by atomic mass is 9.99. The maximum atomic E-state index is 12.9. The van der Waals surface area contributed by atoms with E-state index >= 15 is 0 Å². The monoisotopic (exact) mass is 887 g/mol. The van der Waals surface area contributed by atoms with Crippen LogP contribution < -0.4 is 0 Å². The van der Waals surface area contributed by atoms with Crippen LogP contribution in [0.1, 0.15) is 187 Å². The van der Waals surface area contributed by atoms with Gasteiger partial charge in [0.25, 0.3) is 0 Å². The number of aliphatic hydroxyl groups excluding tert-OH is 3. The minimum Gasteiger partial charge on any atom is -0.457 e. The molecule has 1 rings (SSSR count). The molecule has 12 nitrogen and oxygen atoms in total. The highest BCUT2D eigenvalue weighted by Gasteiger charge is 2.48. The van der Waals surface area contributed by atoms with Crippen LogP contribution in [0.4, 0.5) is 0 Å². The first kappa shape index (κ1) is 57.1. The predicted octanol–water partition coefficient (Wildman–Crippen LogP) is 10.4. The largest absolute Gasteiger partial charge is 0.457 e. The lowest BCUT2D eigenvalue weighted by Gasteiger charge is -2.41. The molecule has 4 N–H and O–H groups in total. The van der Waals surface area contributed by atoms with E-state index in [-0.39, 0.29) is 19.6 Å². The van der Waals surface area contributed by atoms with Crippen molar-refractivity contribution in [1.82, 2.24) is 0 Å². The second-order valence-electron chi connectivity index (χ2n) is 16.3. The van der Waals surface area contributed by atoms with Crippen molar-refractivity contribution in [2.45, 2.75) is 224 Å². The van der Waals surface area contributed by atoms with Crippen molar-refractivity contribution in [3.8, 4) is 0 Å². The number of rotatable bonds is 41. The van der Waals surface area contributed by atoms with Crippen molar-refractivity contribution in [2.75, 3.05) is 26.4 Å². The summed E-state index contributed by atoms with van der Waals surface area (Å²) in [5, 5.41) is 30.7. The van der Waals surface area contributed by atoms with Crippen molar-refractivity contribution < 1.29 is 56.2 Å². The Bertz CT molecular complexity index is 1250. The van der Waals surface area contributed by atoms with Crippen molar-refractivity contribution in [3.05, 3.63) is 48.6 Å². The van der Waals surface area contributed by atoms with E-state index in [1.807, 2.05) is 0 Å². The van der Waals surface area contributed by atoms with E-state index in [1.165, 1.54) is 83.5 Å². The van der Waals surface area contributed by atoms with E-state index in [0.717, 1.165) is 77.0 Å². The number of allylic oxidation sites excluding steroid dienone is 8. The Kier molecular flexibility index (Phi) is 37.1. The zero-order chi connectivity index (χ0) is 44.7. The highest BCUT2D eigenvalue weighted by Crippen LogP contribution is 2.26. The van der Waals surface area contributed by atoms with Crippen LogP contribution in [0.25, 0.3) is 0 Å². The molecule has 0 bridgehead atoms. The second kappa shape index (κ2) is 39.6. The number of hydrogen-bond acceptors (Lipinski definition) is 11. The Morgan fingerprint density at radius 1 is 0.623 bits per heavy atom. The number of unbranched alkanes of at least 4 members (excludes halogenated alkanes) is 20. The van der Waals surface area contributed by atoms with Crippen LogP contribution in [0.5, 0.6) is 0 Å². The molecule has 0 aromatic carbocycles. The third-order valence-electron chi connectivity index (χ3n) is 10.7. The Hall–Kier alpha value is -1.94. The summed E-state index contributed by atoms with van der Waals surface area (Å²) in [7, 11) is -5.07. The average Bonchev–Trinajstić information content (AvgIpc) is 3.23. The second-order valence-corrected chi connectivity index (χ2v) is 17.4. The van der Waals surface area contributed by atoms with Gasteiger partial charge < -0.3 is 34.3 Å². The zero-order valence-electron chi connectivity index (χ0n) is 38.0. The molecule has 0 saturated carbocycles. The maximum absolute atomic E-state index is 12.9. The Morgan fingerprint density at radius 2 is 1.08 bits per heavy atom. The first-order valence-electron chi connectivity index (χ1n) is 23.9. The first-order chi connectivity index (χ1) is 29.6. The van der Waals surface area contributed by atoms with Crippen LogP contribution in [-0.4, -0.2) is 97.5 Å². The molecule has 1 fully saturated rings. The smallest absolute Gasteiger partial charge is 0.397 e. The summed E-state index contributed by atoms with van der Waals surface area (Å²) in [6, 6.07) is 0. The molecule has 6 atom stereocenters. The molecule has 1 heterocycles. The van der Waals surface area contributed by atoms with Gasteiger partial charge in [0.2, 0.25) is 0 Å². The number of aliphatic hydroxyl groups is 3. The van der Waals surface area contributed by atoms with Crippen molar-refractivity contribution >= 4 is 16.4 Å². The molecule has 1 saturated heterocycles. The van der Waals surface area contributed by atoms with Crippen LogP contribution in [0.15, 0.2) is 48.6 Å². The molecular weight excluding hydrogens is 801 g/mol. The van der Waals surface area contributed by atoms with Gasteiger partial charge in [0.1, 0.15) is 30.5 Å². The number of carbonyl (C=O) groups is 1. The summed E-state index contributed by atoms with van der Waals surface area (Å²) in [5.41, 5.74) is 0. The van der Waals surface area contributed by atoms with E-state index in [1.54, 1.807) is 0 Å². The van der Waals surface area contributed by atoms with Crippen LogP contribution in [0.2, 0.25) is 0 Å². The highest BCUT2D eigenvalue weighted by atomic mass is 32.3. The summed E-state index contributed by atoms with van der Waals surface area (Å²) in [6.45, 7) is 3.92. The number of hydrogen-bond donors (Lipinski definition) is 4. The lowest BCUT2D eigenvalue weighted by Crippen LogP contribution is -2.60. The Balaban J connectivity index is 2.41.